The molecule has 0 radical (unpaired) electrons. The van der Waals surface area contributed by atoms with Crippen molar-refractivity contribution >= 4 is 5.97 Å². The molecule has 1 N–H and O–H groups in total. The fourth-order valence-corrected chi connectivity index (χ4v) is 2.87. The Hall–Kier alpha value is -2.23. The molecule has 1 atom stereocenters. The van der Waals surface area contributed by atoms with E-state index in [-0.39, 0.29) is 29.9 Å². The second-order valence-corrected chi connectivity index (χ2v) is 5.78. The zero-order valence-corrected chi connectivity index (χ0v) is 11.9. The average molecular weight is 302 g/mol. The van der Waals surface area contributed by atoms with Crippen molar-refractivity contribution in [3.8, 4) is 11.1 Å². The molecule has 114 valence electrons. The maximum absolute atomic E-state index is 14.2. The van der Waals surface area contributed by atoms with Gasteiger partial charge in [0.15, 0.2) is 0 Å². The van der Waals surface area contributed by atoms with E-state index < -0.39 is 5.97 Å². The SMILES string of the molecule is O=C(O)CC(c1cc(-c2ccc(F)cc2)ccc1F)C1CC1. The minimum Gasteiger partial charge on any atom is -0.481 e. The summed E-state index contributed by atoms with van der Waals surface area (Å²) in [6.07, 6.45) is 1.82. The molecule has 22 heavy (non-hydrogen) atoms. The summed E-state index contributed by atoms with van der Waals surface area (Å²) in [7, 11) is 0. The summed E-state index contributed by atoms with van der Waals surface area (Å²) in [5, 5.41) is 9.07. The van der Waals surface area contributed by atoms with E-state index in [1.165, 1.54) is 18.2 Å². The molecule has 4 heteroatoms. The van der Waals surface area contributed by atoms with Crippen LogP contribution in [0, 0.1) is 17.6 Å². The van der Waals surface area contributed by atoms with Crippen molar-refractivity contribution < 1.29 is 18.7 Å². The Morgan fingerprint density at radius 1 is 1.09 bits per heavy atom. The quantitative estimate of drug-likeness (QED) is 0.876. The Balaban J connectivity index is 1.98. The van der Waals surface area contributed by atoms with Crippen molar-refractivity contribution in [2.24, 2.45) is 5.92 Å². The van der Waals surface area contributed by atoms with Gasteiger partial charge in [-0.1, -0.05) is 18.2 Å². The molecule has 0 aromatic heterocycles. The van der Waals surface area contributed by atoms with Crippen LogP contribution in [0.1, 0.15) is 30.7 Å². The van der Waals surface area contributed by atoms with Crippen LogP contribution in [0.5, 0.6) is 0 Å². The highest BCUT2D eigenvalue weighted by Crippen LogP contribution is 2.45. The van der Waals surface area contributed by atoms with Crippen LogP contribution in [-0.2, 0) is 4.79 Å². The Bertz CT molecular complexity index is 691. The Labute approximate surface area is 127 Å². The van der Waals surface area contributed by atoms with E-state index in [4.69, 9.17) is 5.11 Å². The zero-order chi connectivity index (χ0) is 15.7. The molecular weight excluding hydrogens is 286 g/mol. The highest BCUT2D eigenvalue weighted by molar-refractivity contribution is 5.69. The molecule has 1 unspecified atom stereocenters. The molecule has 2 nitrogen and oxygen atoms in total. The summed E-state index contributed by atoms with van der Waals surface area (Å²) in [6.45, 7) is 0. The van der Waals surface area contributed by atoms with E-state index in [0.29, 0.717) is 5.56 Å². The van der Waals surface area contributed by atoms with Gasteiger partial charge in [0, 0.05) is 5.92 Å². The number of rotatable bonds is 5. The molecule has 0 aliphatic heterocycles. The molecule has 0 saturated heterocycles. The summed E-state index contributed by atoms with van der Waals surface area (Å²) in [5.41, 5.74) is 2.01. The third kappa shape index (κ3) is 3.16. The van der Waals surface area contributed by atoms with Crippen LogP contribution < -0.4 is 0 Å². The van der Waals surface area contributed by atoms with Gasteiger partial charge in [-0.25, -0.2) is 8.78 Å². The van der Waals surface area contributed by atoms with Crippen LogP contribution >= 0.6 is 0 Å². The lowest BCUT2D eigenvalue weighted by Gasteiger charge is -2.16. The third-order valence-electron chi connectivity index (χ3n) is 4.16. The predicted molar refractivity (Wildman–Crippen MR) is 79.5 cm³/mol. The van der Waals surface area contributed by atoms with Crippen molar-refractivity contribution in [3.63, 3.8) is 0 Å². The first-order chi connectivity index (χ1) is 10.5. The summed E-state index contributed by atoms with van der Waals surface area (Å²) in [5.74, 6) is -1.66. The molecule has 1 fully saturated rings. The first-order valence-electron chi connectivity index (χ1n) is 7.32. The second kappa shape index (κ2) is 5.87. The normalized spacial score (nSPS) is 15.5. The van der Waals surface area contributed by atoms with Gasteiger partial charge in [-0.2, -0.15) is 0 Å². The standard InChI is InChI=1S/C18H16F2O2/c19-14-6-3-11(4-7-14)13-5-8-17(20)16(9-13)15(10-18(21)22)12-1-2-12/h3-9,12,15H,1-2,10H2,(H,21,22). The van der Waals surface area contributed by atoms with Gasteiger partial charge in [0.2, 0.25) is 0 Å². The molecule has 0 bridgehead atoms. The lowest BCUT2D eigenvalue weighted by molar-refractivity contribution is -0.137. The number of aliphatic carboxylic acids is 1. The molecule has 0 spiro atoms. The van der Waals surface area contributed by atoms with Gasteiger partial charge in [0.1, 0.15) is 11.6 Å². The first-order valence-corrected chi connectivity index (χ1v) is 7.32. The van der Waals surface area contributed by atoms with Gasteiger partial charge in [-0.15, -0.1) is 0 Å². The van der Waals surface area contributed by atoms with Gasteiger partial charge in [0.25, 0.3) is 0 Å². The number of hydrogen-bond acceptors (Lipinski definition) is 1. The van der Waals surface area contributed by atoms with Crippen LogP contribution in [0.3, 0.4) is 0 Å². The topological polar surface area (TPSA) is 37.3 Å². The summed E-state index contributed by atoms with van der Waals surface area (Å²) < 4.78 is 27.2. The minimum atomic E-state index is -0.913. The van der Waals surface area contributed by atoms with Gasteiger partial charge < -0.3 is 5.11 Å². The fraction of sp³-hybridized carbons (Fsp3) is 0.278. The summed E-state index contributed by atoms with van der Waals surface area (Å²) in [6, 6.07) is 10.7. The maximum Gasteiger partial charge on any atom is 0.303 e. The fourth-order valence-electron chi connectivity index (χ4n) is 2.87. The predicted octanol–water partition coefficient (Wildman–Crippen LogP) is 4.60. The first kappa shape index (κ1) is 14.7. The van der Waals surface area contributed by atoms with Crippen LogP contribution in [0.15, 0.2) is 42.5 Å². The Morgan fingerprint density at radius 3 is 2.32 bits per heavy atom. The van der Waals surface area contributed by atoms with E-state index in [0.717, 1.165) is 24.0 Å². The Morgan fingerprint density at radius 2 is 1.73 bits per heavy atom. The Kier molecular flexibility index (Phi) is 3.92. The van der Waals surface area contributed by atoms with Crippen molar-refractivity contribution in [3.05, 3.63) is 59.7 Å². The molecule has 2 aromatic rings. The molecule has 1 saturated carbocycles. The number of carboxylic acids is 1. The lowest BCUT2D eigenvalue weighted by atomic mass is 9.88. The van der Waals surface area contributed by atoms with Crippen molar-refractivity contribution in [1.82, 2.24) is 0 Å². The molecule has 0 heterocycles. The van der Waals surface area contributed by atoms with Gasteiger partial charge in [-0.3, -0.25) is 4.79 Å². The van der Waals surface area contributed by atoms with Crippen LogP contribution in [-0.4, -0.2) is 11.1 Å². The van der Waals surface area contributed by atoms with E-state index in [9.17, 15) is 13.6 Å². The van der Waals surface area contributed by atoms with Crippen molar-refractivity contribution in [2.75, 3.05) is 0 Å². The largest absolute Gasteiger partial charge is 0.481 e. The average Bonchev–Trinajstić information content (AvgIpc) is 3.31. The number of hydrogen-bond donors (Lipinski definition) is 1. The van der Waals surface area contributed by atoms with Gasteiger partial charge in [0.05, 0.1) is 6.42 Å². The highest BCUT2D eigenvalue weighted by Gasteiger charge is 2.35. The lowest BCUT2D eigenvalue weighted by Crippen LogP contribution is -2.10. The molecule has 0 amide bonds. The van der Waals surface area contributed by atoms with E-state index in [1.807, 2.05) is 0 Å². The smallest absolute Gasteiger partial charge is 0.303 e. The van der Waals surface area contributed by atoms with E-state index in [1.54, 1.807) is 24.3 Å². The van der Waals surface area contributed by atoms with Crippen molar-refractivity contribution in [1.29, 1.82) is 0 Å². The van der Waals surface area contributed by atoms with Crippen LogP contribution in [0.25, 0.3) is 11.1 Å². The van der Waals surface area contributed by atoms with Crippen LogP contribution in [0.4, 0.5) is 8.78 Å². The summed E-state index contributed by atoms with van der Waals surface area (Å²) >= 11 is 0. The number of carbonyl (C=O) groups is 1. The molecule has 1 aliphatic rings. The van der Waals surface area contributed by atoms with E-state index in [2.05, 4.69) is 0 Å². The number of benzene rings is 2. The monoisotopic (exact) mass is 302 g/mol. The molecular formula is C18H16F2O2. The highest BCUT2D eigenvalue weighted by atomic mass is 19.1. The second-order valence-electron chi connectivity index (χ2n) is 5.78. The molecule has 2 aromatic carbocycles. The molecule has 3 rings (SSSR count). The third-order valence-corrected chi connectivity index (χ3v) is 4.16. The number of halogens is 2. The summed E-state index contributed by atoms with van der Waals surface area (Å²) in [4.78, 5) is 11.1. The minimum absolute atomic E-state index is 0.0611. The maximum atomic E-state index is 14.2. The van der Waals surface area contributed by atoms with Crippen LogP contribution in [0.2, 0.25) is 0 Å². The van der Waals surface area contributed by atoms with Gasteiger partial charge >= 0.3 is 5.97 Å². The molecule has 1 aliphatic carbocycles. The van der Waals surface area contributed by atoms with Gasteiger partial charge in [-0.05, 0) is 59.7 Å². The number of carboxylic acid groups (broad SMARTS) is 1. The zero-order valence-electron chi connectivity index (χ0n) is 11.9. The van der Waals surface area contributed by atoms with Crippen molar-refractivity contribution in [2.45, 2.75) is 25.2 Å². The van der Waals surface area contributed by atoms with E-state index >= 15 is 0 Å².